The van der Waals surface area contributed by atoms with E-state index in [4.69, 9.17) is 4.74 Å². The van der Waals surface area contributed by atoms with E-state index >= 15 is 0 Å². The molecule has 1 N–H and O–H groups in total. The van der Waals surface area contributed by atoms with E-state index in [1.807, 2.05) is 0 Å². The lowest BCUT2D eigenvalue weighted by molar-refractivity contribution is -0.137. The van der Waals surface area contributed by atoms with Crippen LogP contribution >= 0.6 is 0 Å². The number of benzene rings is 2. The van der Waals surface area contributed by atoms with Crippen LogP contribution in [0.15, 0.2) is 48.5 Å². The van der Waals surface area contributed by atoms with Gasteiger partial charge in [0.15, 0.2) is 11.5 Å². The SMILES string of the molecule is Oc1ccccc1Oc1cccc(C(F)(F)F)c1. The second-order valence-electron chi connectivity index (χ2n) is 3.60. The fourth-order valence-electron chi connectivity index (χ4n) is 1.41. The third-order valence-corrected chi connectivity index (χ3v) is 2.25. The summed E-state index contributed by atoms with van der Waals surface area (Å²) in [6, 6.07) is 10.5. The van der Waals surface area contributed by atoms with Gasteiger partial charge in [-0.2, -0.15) is 13.2 Å². The van der Waals surface area contributed by atoms with Crippen LogP contribution < -0.4 is 4.74 Å². The minimum absolute atomic E-state index is 0.0197. The monoisotopic (exact) mass is 254 g/mol. The van der Waals surface area contributed by atoms with Gasteiger partial charge in [-0.1, -0.05) is 18.2 Å². The van der Waals surface area contributed by atoms with Crippen molar-refractivity contribution in [2.45, 2.75) is 6.18 Å². The van der Waals surface area contributed by atoms with Crippen molar-refractivity contribution in [3.8, 4) is 17.2 Å². The number of alkyl halides is 3. The zero-order valence-electron chi connectivity index (χ0n) is 9.11. The summed E-state index contributed by atoms with van der Waals surface area (Å²) in [5, 5.41) is 9.45. The molecule has 18 heavy (non-hydrogen) atoms. The average molecular weight is 254 g/mol. The fourth-order valence-corrected chi connectivity index (χ4v) is 1.41. The Morgan fingerprint density at radius 3 is 2.33 bits per heavy atom. The van der Waals surface area contributed by atoms with Crippen LogP contribution in [-0.2, 0) is 6.18 Å². The standard InChI is InChI=1S/C13H9F3O2/c14-13(15,16)9-4-3-5-10(8-9)18-12-7-2-1-6-11(12)17/h1-8,17H. The third-order valence-electron chi connectivity index (χ3n) is 2.25. The molecule has 94 valence electrons. The summed E-state index contributed by atoms with van der Waals surface area (Å²) in [7, 11) is 0. The number of hydrogen-bond acceptors (Lipinski definition) is 2. The molecule has 0 atom stereocenters. The summed E-state index contributed by atoms with van der Waals surface area (Å²) in [4.78, 5) is 0. The van der Waals surface area contributed by atoms with Gasteiger partial charge in [0.1, 0.15) is 5.75 Å². The Morgan fingerprint density at radius 2 is 1.67 bits per heavy atom. The van der Waals surface area contributed by atoms with E-state index in [1.165, 1.54) is 24.3 Å². The normalized spacial score (nSPS) is 11.3. The van der Waals surface area contributed by atoms with Crippen LogP contribution in [0.1, 0.15) is 5.56 Å². The number of phenols is 1. The highest BCUT2D eigenvalue weighted by atomic mass is 19.4. The molecule has 0 unspecified atom stereocenters. The van der Waals surface area contributed by atoms with Gasteiger partial charge in [-0.3, -0.25) is 0 Å². The van der Waals surface area contributed by atoms with Crippen molar-refractivity contribution < 1.29 is 23.0 Å². The van der Waals surface area contributed by atoms with E-state index in [1.54, 1.807) is 12.1 Å². The molecule has 0 radical (unpaired) electrons. The second-order valence-corrected chi connectivity index (χ2v) is 3.60. The molecule has 0 bridgehead atoms. The third kappa shape index (κ3) is 2.74. The highest BCUT2D eigenvalue weighted by Gasteiger charge is 2.30. The molecule has 0 aliphatic heterocycles. The van der Waals surface area contributed by atoms with Crippen LogP contribution in [-0.4, -0.2) is 5.11 Å². The highest BCUT2D eigenvalue weighted by Crippen LogP contribution is 2.34. The first-order chi connectivity index (χ1) is 8.47. The summed E-state index contributed by atoms with van der Waals surface area (Å²) in [5.41, 5.74) is -0.796. The molecular weight excluding hydrogens is 245 g/mol. The molecule has 2 nitrogen and oxygen atoms in total. The number of phenolic OH excluding ortho intramolecular Hbond substituents is 1. The Hall–Kier alpha value is -2.17. The first kappa shape index (κ1) is 12.3. The van der Waals surface area contributed by atoms with E-state index in [0.29, 0.717) is 0 Å². The van der Waals surface area contributed by atoms with Crippen LogP contribution in [0, 0.1) is 0 Å². The minimum Gasteiger partial charge on any atom is -0.504 e. The first-order valence-electron chi connectivity index (χ1n) is 5.10. The number of para-hydroxylation sites is 2. The molecule has 2 aromatic rings. The molecule has 0 spiro atoms. The Morgan fingerprint density at radius 1 is 0.944 bits per heavy atom. The molecule has 0 fully saturated rings. The number of hydrogen-bond donors (Lipinski definition) is 1. The molecule has 0 heterocycles. The van der Waals surface area contributed by atoms with Crippen molar-refractivity contribution in [1.82, 2.24) is 0 Å². The Labute approximate surface area is 101 Å². The van der Waals surface area contributed by atoms with E-state index in [-0.39, 0.29) is 17.2 Å². The quantitative estimate of drug-likeness (QED) is 0.870. The van der Waals surface area contributed by atoms with E-state index in [0.717, 1.165) is 12.1 Å². The summed E-state index contributed by atoms with van der Waals surface area (Å²) in [6.07, 6.45) is -4.42. The topological polar surface area (TPSA) is 29.5 Å². The van der Waals surface area contributed by atoms with Crippen LogP contribution in [0.2, 0.25) is 0 Å². The first-order valence-corrected chi connectivity index (χ1v) is 5.10. The average Bonchev–Trinajstić information content (AvgIpc) is 2.31. The lowest BCUT2D eigenvalue weighted by atomic mass is 10.2. The molecule has 2 rings (SSSR count). The largest absolute Gasteiger partial charge is 0.504 e. The molecule has 0 saturated heterocycles. The summed E-state index contributed by atoms with van der Waals surface area (Å²) in [6.45, 7) is 0. The van der Waals surface area contributed by atoms with Gasteiger partial charge in [0.2, 0.25) is 0 Å². The molecule has 5 heteroatoms. The van der Waals surface area contributed by atoms with Crippen LogP contribution in [0.4, 0.5) is 13.2 Å². The Kier molecular flexibility index (Phi) is 3.14. The van der Waals surface area contributed by atoms with Gasteiger partial charge in [0, 0.05) is 0 Å². The number of aromatic hydroxyl groups is 1. The smallest absolute Gasteiger partial charge is 0.416 e. The predicted octanol–water partition coefficient (Wildman–Crippen LogP) is 4.20. The van der Waals surface area contributed by atoms with Crippen LogP contribution in [0.5, 0.6) is 17.2 Å². The minimum atomic E-state index is -4.42. The van der Waals surface area contributed by atoms with Gasteiger partial charge >= 0.3 is 6.18 Å². The van der Waals surface area contributed by atoms with Gasteiger partial charge < -0.3 is 9.84 Å². The summed E-state index contributed by atoms with van der Waals surface area (Å²) < 4.78 is 42.6. The Bertz CT molecular complexity index is 550. The number of rotatable bonds is 2. The van der Waals surface area contributed by atoms with Gasteiger partial charge in [-0.25, -0.2) is 0 Å². The summed E-state index contributed by atoms with van der Waals surface area (Å²) in [5.74, 6) is -0.00180. The van der Waals surface area contributed by atoms with Crippen molar-refractivity contribution in [1.29, 1.82) is 0 Å². The lowest BCUT2D eigenvalue weighted by Crippen LogP contribution is -2.04. The molecule has 0 aliphatic rings. The molecule has 2 aromatic carbocycles. The van der Waals surface area contributed by atoms with Crippen molar-refractivity contribution in [2.24, 2.45) is 0 Å². The second kappa shape index (κ2) is 4.60. The van der Waals surface area contributed by atoms with Crippen molar-refractivity contribution in [2.75, 3.05) is 0 Å². The highest BCUT2D eigenvalue weighted by molar-refractivity contribution is 5.42. The predicted molar refractivity (Wildman–Crippen MR) is 59.6 cm³/mol. The Balaban J connectivity index is 2.28. The summed E-state index contributed by atoms with van der Waals surface area (Å²) >= 11 is 0. The van der Waals surface area contributed by atoms with Gasteiger partial charge in [0.25, 0.3) is 0 Å². The van der Waals surface area contributed by atoms with Gasteiger partial charge in [-0.15, -0.1) is 0 Å². The number of halogens is 3. The zero-order chi connectivity index (χ0) is 13.2. The van der Waals surface area contributed by atoms with Gasteiger partial charge in [0.05, 0.1) is 5.56 Å². The van der Waals surface area contributed by atoms with Crippen molar-refractivity contribution in [3.63, 3.8) is 0 Å². The van der Waals surface area contributed by atoms with Gasteiger partial charge in [-0.05, 0) is 30.3 Å². The molecular formula is C13H9F3O2. The van der Waals surface area contributed by atoms with E-state index in [2.05, 4.69) is 0 Å². The van der Waals surface area contributed by atoms with E-state index < -0.39 is 11.7 Å². The molecule has 0 saturated carbocycles. The van der Waals surface area contributed by atoms with Crippen LogP contribution in [0.25, 0.3) is 0 Å². The van der Waals surface area contributed by atoms with Crippen LogP contribution in [0.3, 0.4) is 0 Å². The molecule has 0 amide bonds. The maximum absolute atomic E-state index is 12.5. The zero-order valence-corrected chi connectivity index (χ0v) is 9.11. The maximum atomic E-state index is 12.5. The molecule has 0 aliphatic carbocycles. The lowest BCUT2D eigenvalue weighted by Gasteiger charge is -2.10. The fraction of sp³-hybridized carbons (Fsp3) is 0.0769. The number of ether oxygens (including phenoxy) is 1. The van der Waals surface area contributed by atoms with Crippen molar-refractivity contribution >= 4 is 0 Å². The van der Waals surface area contributed by atoms with Crippen molar-refractivity contribution in [3.05, 3.63) is 54.1 Å². The molecule has 0 aromatic heterocycles. The maximum Gasteiger partial charge on any atom is 0.416 e. The van der Waals surface area contributed by atoms with E-state index in [9.17, 15) is 18.3 Å².